The highest BCUT2D eigenvalue weighted by Gasteiger charge is 2.36. The molecule has 0 atom stereocenters. The second-order valence-electron chi connectivity index (χ2n) is 3.58. The standard InChI is InChI=1S/C9H12O3/c1-4-9(2,3)5-6-7(10)12-8(6)11/h5H,4H2,1-3H3. The van der Waals surface area contributed by atoms with Crippen molar-refractivity contribution < 1.29 is 14.3 Å². The van der Waals surface area contributed by atoms with Crippen LogP contribution in [0.1, 0.15) is 27.2 Å². The maximum atomic E-state index is 10.7. The monoisotopic (exact) mass is 168 g/mol. The van der Waals surface area contributed by atoms with Crippen LogP contribution in [-0.2, 0) is 14.3 Å². The largest absolute Gasteiger partial charge is 0.385 e. The molecule has 3 heteroatoms. The third-order valence-electron chi connectivity index (χ3n) is 2.07. The van der Waals surface area contributed by atoms with Crippen molar-refractivity contribution in [2.24, 2.45) is 5.41 Å². The highest BCUT2D eigenvalue weighted by atomic mass is 16.6. The highest BCUT2D eigenvalue weighted by molar-refractivity contribution is 6.26. The fourth-order valence-corrected chi connectivity index (χ4v) is 0.842. The maximum absolute atomic E-state index is 10.7. The van der Waals surface area contributed by atoms with Crippen LogP contribution >= 0.6 is 0 Å². The molecular formula is C9H12O3. The number of carbonyl (C=O) groups excluding carboxylic acids is 2. The van der Waals surface area contributed by atoms with Crippen LogP contribution in [0.2, 0.25) is 0 Å². The predicted octanol–water partition coefficient (Wildman–Crippen LogP) is 1.43. The van der Waals surface area contributed by atoms with Gasteiger partial charge in [0.2, 0.25) is 0 Å². The summed E-state index contributed by atoms with van der Waals surface area (Å²) in [5.41, 5.74) is 0.0894. The smallest absolute Gasteiger partial charge is 0.353 e. The molecule has 1 saturated heterocycles. The van der Waals surface area contributed by atoms with E-state index in [4.69, 9.17) is 0 Å². The van der Waals surface area contributed by atoms with Gasteiger partial charge in [0.05, 0.1) is 0 Å². The Kier molecular flexibility index (Phi) is 2.04. The van der Waals surface area contributed by atoms with E-state index in [-0.39, 0.29) is 11.0 Å². The quantitative estimate of drug-likeness (QED) is 0.271. The van der Waals surface area contributed by atoms with Crippen molar-refractivity contribution in [2.45, 2.75) is 27.2 Å². The number of cyclic esters (lactones) is 2. The summed E-state index contributed by atoms with van der Waals surface area (Å²) in [4.78, 5) is 21.4. The minimum atomic E-state index is -0.499. The molecule has 0 aromatic carbocycles. The molecule has 66 valence electrons. The Bertz CT molecular complexity index is 245. The molecular weight excluding hydrogens is 156 g/mol. The third kappa shape index (κ3) is 1.55. The van der Waals surface area contributed by atoms with E-state index in [1.807, 2.05) is 20.8 Å². The van der Waals surface area contributed by atoms with Gasteiger partial charge >= 0.3 is 11.9 Å². The Morgan fingerprint density at radius 1 is 1.33 bits per heavy atom. The lowest BCUT2D eigenvalue weighted by Crippen LogP contribution is -2.32. The van der Waals surface area contributed by atoms with E-state index in [0.29, 0.717) is 0 Å². The van der Waals surface area contributed by atoms with Gasteiger partial charge in [-0.1, -0.05) is 26.8 Å². The normalized spacial score (nSPS) is 17.1. The fourth-order valence-electron chi connectivity index (χ4n) is 0.842. The van der Waals surface area contributed by atoms with Gasteiger partial charge in [0.1, 0.15) is 5.57 Å². The minimum absolute atomic E-state index is 0.107. The van der Waals surface area contributed by atoms with Crippen LogP contribution < -0.4 is 0 Å². The second kappa shape index (κ2) is 2.73. The molecule has 1 aliphatic rings. The molecule has 1 fully saturated rings. The summed E-state index contributed by atoms with van der Waals surface area (Å²) < 4.78 is 4.20. The first-order valence-electron chi connectivity index (χ1n) is 3.95. The average molecular weight is 168 g/mol. The van der Waals surface area contributed by atoms with Gasteiger partial charge in [-0.15, -0.1) is 0 Å². The summed E-state index contributed by atoms with van der Waals surface area (Å²) in [5, 5.41) is 0. The first-order chi connectivity index (χ1) is 5.46. The predicted molar refractivity (Wildman–Crippen MR) is 43.3 cm³/mol. The fraction of sp³-hybridized carbons (Fsp3) is 0.556. The van der Waals surface area contributed by atoms with E-state index in [1.165, 1.54) is 0 Å². The van der Waals surface area contributed by atoms with Crippen LogP contribution in [0.25, 0.3) is 0 Å². The second-order valence-corrected chi connectivity index (χ2v) is 3.58. The summed E-state index contributed by atoms with van der Waals surface area (Å²) >= 11 is 0. The van der Waals surface area contributed by atoms with Gasteiger partial charge < -0.3 is 4.74 Å². The highest BCUT2D eigenvalue weighted by Crippen LogP contribution is 2.26. The van der Waals surface area contributed by atoms with Gasteiger partial charge in [-0.05, 0) is 11.8 Å². The van der Waals surface area contributed by atoms with Gasteiger partial charge in [0.25, 0.3) is 0 Å². The topological polar surface area (TPSA) is 43.4 Å². The van der Waals surface area contributed by atoms with Crippen molar-refractivity contribution in [1.29, 1.82) is 0 Å². The molecule has 0 saturated carbocycles. The lowest BCUT2D eigenvalue weighted by atomic mass is 9.87. The van der Waals surface area contributed by atoms with Crippen molar-refractivity contribution in [3.05, 3.63) is 11.6 Å². The zero-order valence-corrected chi connectivity index (χ0v) is 7.51. The van der Waals surface area contributed by atoms with E-state index in [0.717, 1.165) is 6.42 Å². The summed E-state index contributed by atoms with van der Waals surface area (Å²) in [5.74, 6) is -0.997. The van der Waals surface area contributed by atoms with Crippen molar-refractivity contribution in [1.82, 2.24) is 0 Å². The molecule has 1 rings (SSSR count). The van der Waals surface area contributed by atoms with Gasteiger partial charge in [-0.2, -0.15) is 0 Å². The molecule has 0 unspecified atom stereocenters. The molecule has 3 nitrogen and oxygen atoms in total. The molecule has 0 aliphatic carbocycles. The van der Waals surface area contributed by atoms with E-state index >= 15 is 0 Å². The Morgan fingerprint density at radius 2 is 1.83 bits per heavy atom. The molecule has 0 aromatic heterocycles. The number of hydrogen-bond acceptors (Lipinski definition) is 3. The van der Waals surface area contributed by atoms with Crippen molar-refractivity contribution in [2.75, 3.05) is 0 Å². The van der Waals surface area contributed by atoms with Crippen LogP contribution in [0, 0.1) is 5.41 Å². The molecule has 0 bridgehead atoms. The molecule has 1 heterocycles. The number of ether oxygens (including phenoxy) is 1. The van der Waals surface area contributed by atoms with Crippen molar-refractivity contribution >= 4 is 11.9 Å². The van der Waals surface area contributed by atoms with E-state index < -0.39 is 11.9 Å². The average Bonchev–Trinajstić information content (AvgIpc) is 2.02. The SMILES string of the molecule is CCC(C)(C)C=C1C(=O)OC1=O. The van der Waals surface area contributed by atoms with Gasteiger partial charge in [0, 0.05) is 0 Å². The number of allylic oxidation sites excluding steroid dienone is 1. The Hall–Kier alpha value is -1.12. The number of rotatable bonds is 2. The first-order valence-corrected chi connectivity index (χ1v) is 3.95. The Balaban J connectivity index is 2.81. The summed E-state index contributed by atoms with van der Waals surface area (Å²) in [6, 6.07) is 0. The maximum Gasteiger partial charge on any atom is 0.353 e. The van der Waals surface area contributed by atoms with Crippen molar-refractivity contribution in [3.8, 4) is 0 Å². The minimum Gasteiger partial charge on any atom is -0.385 e. The summed E-state index contributed by atoms with van der Waals surface area (Å²) in [6.07, 6.45) is 2.57. The third-order valence-corrected chi connectivity index (χ3v) is 2.07. The van der Waals surface area contributed by atoms with Crippen LogP contribution in [0.4, 0.5) is 0 Å². The van der Waals surface area contributed by atoms with Gasteiger partial charge in [-0.3, -0.25) is 0 Å². The van der Waals surface area contributed by atoms with Gasteiger partial charge in [0.15, 0.2) is 0 Å². The molecule has 0 radical (unpaired) electrons. The molecule has 12 heavy (non-hydrogen) atoms. The van der Waals surface area contributed by atoms with E-state index in [1.54, 1.807) is 6.08 Å². The number of carbonyl (C=O) groups is 2. The molecule has 0 amide bonds. The molecule has 0 N–H and O–H groups in total. The van der Waals surface area contributed by atoms with Crippen LogP contribution in [0.15, 0.2) is 11.6 Å². The van der Waals surface area contributed by atoms with E-state index in [2.05, 4.69) is 4.74 Å². The lowest BCUT2D eigenvalue weighted by molar-refractivity contribution is -0.165. The summed E-state index contributed by atoms with van der Waals surface area (Å²) in [6.45, 7) is 5.95. The lowest BCUT2D eigenvalue weighted by Gasteiger charge is -2.21. The van der Waals surface area contributed by atoms with Crippen LogP contribution in [0.5, 0.6) is 0 Å². The van der Waals surface area contributed by atoms with Crippen molar-refractivity contribution in [3.63, 3.8) is 0 Å². The van der Waals surface area contributed by atoms with E-state index in [9.17, 15) is 9.59 Å². The molecule has 0 aromatic rings. The van der Waals surface area contributed by atoms with Crippen LogP contribution in [-0.4, -0.2) is 11.9 Å². The number of esters is 2. The zero-order chi connectivity index (χ0) is 9.35. The summed E-state index contributed by atoms with van der Waals surface area (Å²) in [7, 11) is 0. The molecule has 1 aliphatic heterocycles. The first kappa shape index (κ1) is 8.97. The Labute approximate surface area is 71.4 Å². The van der Waals surface area contributed by atoms with Gasteiger partial charge in [-0.25, -0.2) is 9.59 Å². The van der Waals surface area contributed by atoms with Crippen LogP contribution in [0.3, 0.4) is 0 Å². The molecule has 0 spiro atoms. The zero-order valence-electron chi connectivity index (χ0n) is 7.51. The Morgan fingerprint density at radius 3 is 2.17 bits per heavy atom. The number of hydrogen-bond donors (Lipinski definition) is 0.